The van der Waals surface area contributed by atoms with Gasteiger partial charge in [-0.15, -0.1) is 0 Å². The highest BCUT2D eigenvalue weighted by Crippen LogP contribution is 2.12. The van der Waals surface area contributed by atoms with Gasteiger partial charge in [0.1, 0.15) is 0 Å². The summed E-state index contributed by atoms with van der Waals surface area (Å²) in [7, 11) is 10.5. The molecule has 0 bridgehead atoms. The molecule has 0 saturated carbocycles. The molecule has 300 valence electrons. The largest absolute Gasteiger partial charge is 0.907 e. The fraction of sp³-hybridized carbons (Fsp3) is 1.00. The van der Waals surface area contributed by atoms with Crippen molar-refractivity contribution in [1.29, 1.82) is 0 Å². The number of hydrogen-bond acceptors (Lipinski definition) is 3. The third-order valence-electron chi connectivity index (χ3n) is 9.09. The van der Waals surface area contributed by atoms with Crippen LogP contribution in [0.5, 0.6) is 0 Å². The maximum atomic E-state index is 8.42. The summed E-state index contributed by atoms with van der Waals surface area (Å²) in [4.78, 5) is 4.78. The minimum atomic E-state index is -2.92. The van der Waals surface area contributed by atoms with Crippen molar-refractivity contribution < 1.29 is 29.8 Å². The summed E-state index contributed by atoms with van der Waals surface area (Å²) in [5.41, 5.74) is 0. The lowest BCUT2D eigenvalue weighted by atomic mass is 10.1. The Labute approximate surface area is 311 Å². The number of nitrogens with one attached hydrogen (secondary N) is 3. The third kappa shape index (κ3) is 78.3. The standard InChI is InChI=1S/3C14H31N.BO3/c3*1-4-5-6-7-8-9-10-11-12-13-14-15(2)3;2-1(3)4/h3*4-14H2,1-3H3;/q;;;-3/p+3. The molecule has 0 aromatic heterocycles. The second-order valence-electron chi connectivity index (χ2n) is 15.7. The monoisotopic (exact) mass is 702 g/mol. The van der Waals surface area contributed by atoms with Crippen molar-refractivity contribution in [2.75, 3.05) is 61.9 Å². The summed E-state index contributed by atoms with van der Waals surface area (Å²) in [5.74, 6) is 0. The predicted octanol–water partition coefficient (Wildman–Crippen LogP) is 5.21. The van der Waals surface area contributed by atoms with E-state index in [1.165, 1.54) is 212 Å². The van der Waals surface area contributed by atoms with Gasteiger partial charge in [0.15, 0.2) is 0 Å². The molecule has 0 atom stereocenters. The minimum absolute atomic E-state index is 1.34. The highest BCUT2D eigenvalue weighted by atomic mass is 16.5. The predicted molar refractivity (Wildman–Crippen MR) is 214 cm³/mol. The van der Waals surface area contributed by atoms with E-state index in [2.05, 4.69) is 63.1 Å². The minimum Gasteiger partial charge on any atom is -0.907 e. The summed E-state index contributed by atoms with van der Waals surface area (Å²) in [6.07, 6.45) is 43.4. The third-order valence-corrected chi connectivity index (χ3v) is 9.09. The fourth-order valence-electron chi connectivity index (χ4n) is 5.90. The summed E-state index contributed by atoms with van der Waals surface area (Å²) in [6, 6.07) is 0. The SMILES string of the molecule is CCCCCCCCCCCC[NH+](C)C.CCCCCCCCCCCC[NH+](C)C.CCCCCCCCCCCC[NH+](C)C.[O-]B([O-])[O-]. The van der Waals surface area contributed by atoms with Crippen molar-refractivity contribution >= 4 is 7.32 Å². The summed E-state index contributed by atoms with van der Waals surface area (Å²) < 4.78 is 0. The van der Waals surface area contributed by atoms with Crippen LogP contribution in [0.15, 0.2) is 0 Å². The van der Waals surface area contributed by atoms with Crippen molar-refractivity contribution in [3.05, 3.63) is 0 Å². The van der Waals surface area contributed by atoms with E-state index in [9.17, 15) is 0 Å². The average Bonchev–Trinajstić information content (AvgIpc) is 3.04. The van der Waals surface area contributed by atoms with Gasteiger partial charge in [0.2, 0.25) is 0 Å². The molecule has 0 fully saturated rings. The first kappa shape index (κ1) is 55.6. The van der Waals surface area contributed by atoms with E-state index in [4.69, 9.17) is 15.1 Å². The van der Waals surface area contributed by atoms with Gasteiger partial charge < -0.3 is 29.8 Å². The van der Waals surface area contributed by atoms with Crippen LogP contribution in [0.4, 0.5) is 0 Å². The van der Waals surface area contributed by atoms with Crippen LogP contribution in [0.1, 0.15) is 213 Å². The Morgan fingerprint density at radius 3 is 0.510 bits per heavy atom. The first-order valence-corrected chi connectivity index (χ1v) is 21.9. The molecule has 0 aliphatic rings. The van der Waals surface area contributed by atoms with E-state index >= 15 is 0 Å². The maximum Gasteiger partial charge on any atom is 0.0766 e. The van der Waals surface area contributed by atoms with E-state index < -0.39 is 7.32 Å². The smallest absolute Gasteiger partial charge is 0.0766 e. The molecule has 6 nitrogen and oxygen atoms in total. The van der Waals surface area contributed by atoms with Crippen molar-refractivity contribution in [2.45, 2.75) is 213 Å². The number of quaternary nitrogens is 3. The van der Waals surface area contributed by atoms with Crippen LogP contribution in [-0.4, -0.2) is 69.2 Å². The van der Waals surface area contributed by atoms with Gasteiger partial charge >= 0.3 is 0 Å². The van der Waals surface area contributed by atoms with Crippen molar-refractivity contribution in [2.24, 2.45) is 0 Å². The van der Waals surface area contributed by atoms with E-state index in [0.29, 0.717) is 0 Å². The zero-order valence-electron chi connectivity index (χ0n) is 35.6. The van der Waals surface area contributed by atoms with Crippen LogP contribution in [0.25, 0.3) is 0 Å². The zero-order valence-corrected chi connectivity index (χ0v) is 35.6. The molecule has 0 radical (unpaired) electrons. The average molecular weight is 702 g/mol. The Bertz CT molecular complexity index is 456. The fourth-order valence-corrected chi connectivity index (χ4v) is 5.90. The first-order valence-electron chi connectivity index (χ1n) is 21.9. The van der Waals surface area contributed by atoms with Crippen LogP contribution in [-0.2, 0) is 0 Å². The normalized spacial score (nSPS) is 10.8. The number of rotatable bonds is 33. The van der Waals surface area contributed by atoms with Gasteiger partial charge in [-0.05, 0) is 38.5 Å². The lowest BCUT2D eigenvalue weighted by Crippen LogP contribution is -3.05. The van der Waals surface area contributed by atoms with Crippen molar-refractivity contribution in [3.8, 4) is 0 Å². The highest BCUT2D eigenvalue weighted by Gasteiger charge is 1.97. The molecule has 0 aliphatic heterocycles. The zero-order chi connectivity index (χ0) is 37.6. The van der Waals surface area contributed by atoms with Gasteiger partial charge in [-0.2, -0.15) is 0 Å². The molecule has 49 heavy (non-hydrogen) atoms. The van der Waals surface area contributed by atoms with Gasteiger partial charge in [-0.1, -0.05) is 175 Å². The van der Waals surface area contributed by atoms with E-state index in [1.807, 2.05) is 0 Å². The Kier molecular flexibility index (Phi) is 59.2. The molecule has 7 heteroatoms. The van der Waals surface area contributed by atoms with Crippen LogP contribution in [0, 0.1) is 0 Å². The summed E-state index contributed by atoms with van der Waals surface area (Å²) in [5, 5.41) is 25.2. The molecular weight excluding hydrogens is 605 g/mol. The lowest BCUT2D eigenvalue weighted by molar-refractivity contribution is -0.858. The van der Waals surface area contributed by atoms with E-state index in [1.54, 1.807) is 14.7 Å². The molecule has 0 spiro atoms. The second-order valence-corrected chi connectivity index (χ2v) is 15.7. The van der Waals surface area contributed by atoms with Gasteiger partial charge in [0, 0.05) is 0 Å². The van der Waals surface area contributed by atoms with Gasteiger partial charge in [0.05, 0.1) is 61.9 Å². The van der Waals surface area contributed by atoms with Crippen LogP contribution in [0.2, 0.25) is 0 Å². The van der Waals surface area contributed by atoms with E-state index in [0.717, 1.165) is 0 Å². The van der Waals surface area contributed by atoms with Crippen LogP contribution in [0.3, 0.4) is 0 Å². The number of hydrogen-bond donors (Lipinski definition) is 3. The van der Waals surface area contributed by atoms with Gasteiger partial charge in [-0.3, -0.25) is 7.32 Å². The summed E-state index contributed by atoms with van der Waals surface area (Å²) in [6.45, 7) is 10.9. The summed E-state index contributed by atoms with van der Waals surface area (Å²) >= 11 is 0. The molecule has 0 aliphatic carbocycles. The molecule has 0 unspecified atom stereocenters. The van der Waals surface area contributed by atoms with E-state index in [-0.39, 0.29) is 0 Å². The Morgan fingerprint density at radius 2 is 0.388 bits per heavy atom. The topological polar surface area (TPSA) is 82.5 Å². The quantitative estimate of drug-likeness (QED) is 0.0650. The molecule has 0 rings (SSSR count). The Hall–Kier alpha value is -0.175. The lowest BCUT2D eigenvalue weighted by Gasteiger charge is -2.35. The molecular formula is C42H96BN3O3. The van der Waals surface area contributed by atoms with Gasteiger partial charge in [-0.25, -0.2) is 0 Å². The Morgan fingerprint density at radius 1 is 0.265 bits per heavy atom. The highest BCUT2D eigenvalue weighted by molar-refractivity contribution is 6.24. The molecule has 0 aromatic rings. The van der Waals surface area contributed by atoms with Gasteiger partial charge in [0.25, 0.3) is 0 Å². The van der Waals surface area contributed by atoms with Crippen molar-refractivity contribution in [1.82, 2.24) is 0 Å². The number of unbranched alkanes of at least 4 members (excludes halogenated alkanes) is 27. The molecule has 0 amide bonds. The molecule has 0 aromatic carbocycles. The maximum absolute atomic E-state index is 8.42. The van der Waals surface area contributed by atoms with Crippen LogP contribution >= 0.6 is 0 Å². The first-order chi connectivity index (χ1) is 23.5. The molecule has 0 saturated heterocycles. The molecule has 0 heterocycles. The molecule has 3 N–H and O–H groups in total. The van der Waals surface area contributed by atoms with Crippen LogP contribution < -0.4 is 29.8 Å². The Balaban J connectivity index is -0.000000293. The second kappa shape index (κ2) is 52.2. The van der Waals surface area contributed by atoms with Crippen molar-refractivity contribution in [3.63, 3.8) is 0 Å².